The predicted molar refractivity (Wildman–Crippen MR) is 142 cm³/mol. The summed E-state index contributed by atoms with van der Waals surface area (Å²) < 4.78 is 0. The minimum atomic E-state index is -0.488. The van der Waals surface area contributed by atoms with Gasteiger partial charge in [-0.05, 0) is 102 Å². The van der Waals surface area contributed by atoms with Crippen molar-refractivity contribution in [1.29, 1.82) is 0 Å². The van der Waals surface area contributed by atoms with E-state index in [1.807, 2.05) is 4.90 Å². The van der Waals surface area contributed by atoms with E-state index in [9.17, 15) is 9.59 Å². The summed E-state index contributed by atoms with van der Waals surface area (Å²) >= 11 is 0. The van der Waals surface area contributed by atoms with Crippen LogP contribution in [0.3, 0.4) is 0 Å². The molecule has 4 rings (SSSR count). The molecule has 1 unspecified atom stereocenters. The third-order valence-corrected chi connectivity index (χ3v) is 8.67. The maximum Gasteiger partial charge on any atom is 0.255 e. The van der Waals surface area contributed by atoms with Gasteiger partial charge in [0.05, 0.1) is 6.54 Å². The lowest BCUT2D eigenvalue weighted by Gasteiger charge is -2.55. The fourth-order valence-corrected chi connectivity index (χ4v) is 6.62. The molecule has 4 aliphatic heterocycles. The van der Waals surface area contributed by atoms with Gasteiger partial charge in [-0.3, -0.25) is 14.4 Å². The van der Waals surface area contributed by atoms with E-state index < -0.39 is 6.10 Å². The van der Waals surface area contributed by atoms with Crippen LogP contribution in [-0.2, 0) is 14.4 Å². The van der Waals surface area contributed by atoms with Gasteiger partial charge in [-0.25, -0.2) is 0 Å². The quantitative estimate of drug-likeness (QED) is 0.520. The second-order valence-corrected chi connectivity index (χ2v) is 12.6. The molecule has 8 nitrogen and oxygen atoms in total. The van der Waals surface area contributed by atoms with Crippen molar-refractivity contribution in [2.45, 2.75) is 103 Å². The van der Waals surface area contributed by atoms with Gasteiger partial charge in [0.1, 0.15) is 12.2 Å². The molecule has 0 aromatic rings. The first-order valence-electron chi connectivity index (χ1n) is 14.7. The summed E-state index contributed by atoms with van der Waals surface area (Å²) in [6.07, 6.45) is 7.49. The van der Waals surface area contributed by atoms with E-state index in [0.29, 0.717) is 31.2 Å². The molecule has 0 spiro atoms. The van der Waals surface area contributed by atoms with Gasteiger partial charge in [0.2, 0.25) is 5.91 Å². The van der Waals surface area contributed by atoms with Gasteiger partial charge in [0.25, 0.3) is 5.91 Å². The Kier molecular flexibility index (Phi) is 9.69. The Morgan fingerprint density at radius 2 is 1.61 bits per heavy atom. The van der Waals surface area contributed by atoms with Crippen molar-refractivity contribution in [2.24, 2.45) is 17.8 Å². The number of nitrogens with one attached hydrogen (secondary N) is 1. The Labute approximate surface area is 219 Å². The first-order valence-corrected chi connectivity index (χ1v) is 14.7. The van der Waals surface area contributed by atoms with Crippen LogP contribution in [-0.4, -0.2) is 102 Å². The van der Waals surface area contributed by atoms with Crippen molar-refractivity contribution in [2.75, 3.05) is 46.3 Å². The molecule has 36 heavy (non-hydrogen) atoms. The zero-order valence-corrected chi connectivity index (χ0v) is 23.5. The average Bonchev–Trinajstić information content (AvgIpc) is 2.84. The normalized spacial score (nSPS) is 30.0. The molecular formula is C28H51N5O3. The standard InChI is InChI=1S/C28H51N5O3/c1-20(2)17-24-27(34)31(23-10-15-30(5)16-11-23)19-26-32(14-6-7-22-8-12-29-13-9-22)36-25(18-21(3)4)28(35)33(24)26/h20-26,29H,6-19H2,1-5H3/t24-,25+,26?/m0/s1. The minimum absolute atomic E-state index is 0.0188. The summed E-state index contributed by atoms with van der Waals surface area (Å²) in [5, 5.41) is 5.57. The fraction of sp³-hybridized carbons (Fsp3) is 0.929. The molecule has 4 saturated heterocycles. The van der Waals surface area contributed by atoms with Gasteiger partial charge in [-0.1, -0.05) is 27.7 Å². The van der Waals surface area contributed by atoms with E-state index in [0.717, 1.165) is 57.9 Å². The number of carbonyl (C=O) groups is 2. The summed E-state index contributed by atoms with van der Waals surface area (Å²) in [5.41, 5.74) is 0. The second-order valence-electron chi connectivity index (χ2n) is 12.6. The molecule has 0 aromatic heterocycles. The predicted octanol–water partition coefficient (Wildman–Crippen LogP) is 2.93. The van der Waals surface area contributed by atoms with E-state index in [4.69, 9.17) is 4.84 Å². The molecule has 3 atom stereocenters. The molecule has 8 heteroatoms. The molecule has 0 aromatic carbocycles. The Morgan fingerprint density at radius 1 is 0.944 bits per heavy atom. The molecule has 0 saturated carbocycles. The highest BCUT2D eigenvalue weighted by Gasteiger charge is 2.52. The number of piperidine rings is 2. The van der Waals surface area contributed by atoms with Crippen molar-refractivity contribution in [3.8, 4) is 0 Å². The number of piperazine rings is 1. The average molecular weight is 506 g/mol. The number of likely N-dealkylation sites (tertiary alicyclic amines) is 1. The van der Waals surface area contributed by atoms with Crippen molar-refractivity contribution in [1.82, 2.24) is 25.1 Å². The summed E-state index contributed by atoms with van der Waals surface area (Å²) in [4.78, 5) is 40.7. The monoisotopic (exact) mass is 505 g/mol. The van der Waals surface area contributed by atoms with Gasteiger partial charge in [-0.15, -0.1) is 0 Å². The largest absolute Gasteiger partial charge is 0.334 e. The van der Waals surface area contributed by atoms with Crippen LogP contribution in [0, 0.1) is 17.8 Å². The number of rotatable bonds is 9. The zero-order chi connectivity index (χ0) is 25.8. The third kappa shape index (κ3) is 6.61. The van der Waals surface area contributed by atoms with E-state index >= 15 is 0 Å². The van der Waals surface area contributed by atoms with Gasteiger partial charge in [0.15, 0.2) is 6.10 Å². The SMILES string of the molecule is CC(C)C[C@H]1ON(CCCC2CCNCC2)C2CN(C3CCN(C)CC3)C(=O)[C@H](CC(C)C)N2C1=O. The van der Waals surface area contributed by atoms with E-state index in [-0.39, 0.29) is 30.1 Å². The molecule has 0 radical (unpaired) electrons. The topological polar surface area (TPSA) is 68.4 Å². The van der Waals surface area contributed by atoms with Crippen LogP contribution in [0.15, 0.2) is 0 Å². The lowest BCUT2D eigenvalue weighted by atomic mass is 9.92. The molecule has 0 bridgehead atoms. The highest BCUT2D eigenvalue weighted by molar-refractivity contribution is 5.91. The molecule has 2 amide bonds. The molecule has 4 aliphatic rings. The highest BCUT2D eigenvalue weighted by Crippen LogP contribution is 2.34. The van der Waals surface area contributed by atoms with Crippen LogP contribution in [0.25, 0.3) is 0 Å². The Morgan fingerprint density at radius 3 is 2.25 bits per heavy atom. The lowest BCUT2D eigenvalue weighted by Crippen LogP contribution is -2.74. The number of fused-ring (bicyclic) bond motifs is 1. The summed E-state index contributed by atoms with van der Waals surface area (Å²) in [6.45, 7) is 14.2. The number of hydrogen-bond donors (Lipinski definition) is 1. The number of carbonyl (C=O) groups excluding carboxylic acids is 2. The van der Waals surface area contributed by atoms with Crippen molar-refractivity contribution >= 4 is 11.8 Å². The number of hydroxylamine groups is 2. The maximum absolute atomic E-state index is 14.0. The Bertz CT molecular complexity index is 733. The van der Waals surface area contributed by atoms with Crippen LogP contribution < -0.4 is 5.32 Å². The Balaban J connectivity index is 1.55. The van der Waals surface area contributed by atoms with Crippen LogP contribution in [0.2, 0.25) is 0 Å². The van der Waals surface area contributed by atoms with E-state index in [2.05, 4.69) is 54.9 Å². The molecule has 4 fully saturated rings. The van der Waals surface area contributed by atoms with Crippen molar-refractivity contribution in [3.05, 3.63) is 0 Å². The molecule has 206 valence electrons. The zero-order valence-electron chi connectivity index (χ0n) is 23.5. The molecule has 4 heterocycles. The summed E-state index contributed by atoms with van der Waals surface area (Å²) in [5.74, 6) is 1.64. The first-order chi connectivity index (χ1) is 17.2. The number of hydrogen-bond acceptors (Lipinski definition) is 6. The highest BCUT2D eigenvalue weighted by atomic mass is 16.7. The summed E-state index contributed by atoms with van der Waals surface area (Å²) in [6, 6.07) is -0.132. The second kappa shape index (κ2) is 12.5. The lowest BCUT2D eigenvalue weighted by molar-refractivity contribution is -0.290. The third-order valence-electron chi connectivity index (χ3n) is 8.67. The van der Waals surface area contributed by atoms with Crippen LogP contribution >= 0.6 is 0 Å². The Hall–Kier alpha value is -1.22. The maximum atomic E-state index is 14.0. The molecular weight excluding hydrogens is 454 g/mol. The van der Waals surface area contributed by atoms with E-state index in [1.165, 1.54) is 19.3 Å². The van der Waals surface area contributed by atoms with Crippen LogP contribution in [0.5, 0.6) is 0 Å². The minimum Gasteiger partial charge on any atom is -0.334 e. The molecule has 1 N–H and O–H groups in total. The van der Waals surface area contributed by atoms with Crippen molar-refractivity contribution < 1.29 is 14.4 Å². The summed E-state index contributed by atoms with van der Waals surface area (Å²) in [7, 11) is 2.16. The van der Waals surface area contributed by atoms with Crippen LogP contribution in [0.1, 0.15) is 79.1 Å². The van der Waals surface area contributed by atoms with Gasteiger partial charge in [0, 0.05) is 12.6 Å². The van der Waals surface area contributed by atoms with Gasteiger partial charge >= 0.3 is 0 Å². The fourth-order valence-electron chi connectivity index (χ4n) is 6.62. The number of nitrogens with zero attached hydrogens (tertiary/aromatic N) is 4. The molecule has 0 aliphatic carbocycles. The number of amides is 2. The van der Waals surface area contributed by atoms with Gasteiger partial charge < -0.3 is 20.0 Å². The smallest absolute Gasteiger partial charge is 0.255 e. The van der Waals surface area contributed by atoms with Crippen LogP contribution in [0.4, 0.5) is 0 Å². The van der Waals surface area contributed by atoms with E-state index in [1.54, 1.807) is 0 Å². The first kappa shape index (κ1) is 27.8. The van der Waals surface area contributed by atoms with Gasteiger partial charge in [-0.2, -0.15) is 5.06 Å². The van der Waals surface area contributed by atoms with Crippen molar-refractivity contribution in [3.63, 3.8) is 0 Å².